The van der Waals surface area contributed by atoms with Crippen molar-refractivity contribution in [2.75, 3.05) is 0 Å². The third-order valence-electron chi connectivity index (χ3n) is 1.28. The Hall–Kier alpha value is -1.32. The molecule has 4 nitrogen and oxygen atoms in total. The van der Waals surface area contributed by atoms with Gasteiger partial charge in [0.25, 0.3) is 0 Å². The molecule has 1 aromatic heterocycles. The van der Waals surface area contributed by atoms with Crippen molar-refractivity contribution in [1.82, 2.24) is 9.78 Å². The van der Waals surface area contributed by atoms with Crippen LogP contribution in [0.5, 0.6) is 0 Å². The van der Waals surface area contributed by atoms with Gasteiger partial charge in [0.1, 0.15) is 0 Å². The summed E-state index contributed by atoms with van der Waals surface area (Å²) in [5.41, 5.74) is 0.492. The van der Waals surface area contributed by atoms with E-state index in [9.17, 15) is 4.79 Å². The van der Waals surface area contributed by atoms with E-state index in [-0.39, 0.29) is 12.1 Å². The molecule has 0 saturated heterocycles. The van der Waals surface area contributed by atoms with Crippen LogP contribution < -0.4 is 0 Å². The number of hydrogen-bond acceptors (Lipinski definition) is 3. The molecular weight excluding hydrogens is 156 g/mol. The topological polar surface area (TPSA) is 44.1 Å². The quantitative estimate of drug-likeness (QED) is 0.618. The molecule has 0 N–H and O–H groups in total. The number of aryl methyl sites for hydroxylation is 1. The van der Waals surface area contributed by atoms with Gasteiger partial charge in [0, 0.05) is 13.2 Å². The molecule has 0 bridgehead atoms. The maximum absolute atomic E-state index is 11.2. The van der Waals surface area contributed by atoms with E-state index >= 15 is 0 Å². The summed E-state index contributed by atoms with van der Waals surface area (Å²) in [7, 11) is 1.76. The molecular formula is C8H12N2O2. The Labute approximate surface area is 71.1 Å². The van der Waals surface area contributed by atoms with Crippen LogP contribution in [0.4, 0.5) is 0 Å². The smallest absolute Gasteiger partial charge is 0.341 e. The monoisotopic (exact) mass is 168 g/mol. The molecule has 0 spiro atoms. The Morgan fingerprint density at radius 1 is 1.67 bits per heavy atom. The van der Waals surface area contributed by atoms with Crippen LogP contribution in [0, 0.1) is 0 Å². The lowest BCUT2D eigenvalue weighted by Crippen LogP contribution is -2.10. The van der Waals surface area contributed by atoms with Crippen molar-refractivity contribution in [2.24, 2.45) is 7.05 Å². The molecule has 4 heteroatoms. The molecule has 1 rings (SSSR count). The van der Waals surface area contributed by atoms with Gasteiger partial charge in [0.05, 0.1) is 17.9 Å². The normalized spacial score (nSPS) is 10.3. The third-order valence-corrected chi connectivity index (χ3v) is 1.28. The maximum Gasteiger partial charge on any atom is 0.341 e. The summed E-state index contributed by atoms with van der Waals surface area (Å²) < 4.78 is 6.52. The number of carbonyl (C=O) groups is 1. The molecule has 0 fully saturated rings. The van der Waals surface area contributed by atoms with Crippen LogP contribution in [0.2, 0.25) is 0 Å². The second kappa shape index (κ2) is 3.38. The molecule has 0 radical (unpaired) electrons. The fourth-order valence-electron chi connectivity index (χ4n) is 0.809. The van der Waals surface area contributed by atoms with Crippen LogP contribution in [0.25, 0.3) is 0 Å². The van der Waals surface area contributed by atoms with Crippen LogP contribution in [0.15, 0.2) is 12.4 Å². The van der Waals surface area contributed by atoms with E-state index < -0.39 is 0 Å². The first kappa shape index (κ1) is 8.77. The second-order valence-corrected chi connectivity index (χ2v) is 2.86. The van der Waals surface area contributed by atoms with E-state index in [1.54, 1.807) is 17.9 Å². The SMILES string of the molecule is CC(C)OC(=O)c1cnn(C)c1. The number of nitrogens with zero attached hydrogens (tertiary/aromatic N) is 2. The van der Waals surface area contributed by atoms with Gasteiger partial charge in [0.15, 0.2) is 0 Å². The number of hydrogen-bond donors (Lipinski definition) is 0. The zero-order chi connectivity index (χ0) is 9.14. The number of esters is 1. The Morgan fingerprint density at radius 2 is 2.33 bits per heavy atom. The lowest BCUT2D eigenvalue weighted by molar-refractivity contribution is 0.0378. The molecule has 0 unspecified atom stereocenters. The van der Waals surface area contributed by atoms with E-state index in [4.69, 9.17) is 4.74 Å². The highest BCUT2D eigenvalue weighted by molar-refractivity contribution is 5.88. The fraction of sp³-hybridized carbons (Fsp3) is 0.500. The minimum absolute atomic E-state index is 0.0855. The van der Waals surface area contributed by atoms with Crippen molar-refractivity contribution in [2.45, 2.75) is 20.0 Å². The predicted octanol–water partition coefficient (Wildman–Crippen LogP) is 0.985. The Kier molecular flexibility index (Phi) is 2.47. The lowest BCUT2D eigenvalue weighted by Gasteiger charge is -2.04. The standard InChI is InChI=1S/C8H12N2O2/c1-6(2)12-8(11)7-4-9-10(3)5-7/h4-6H,1-3H3. The molecule has 0 amide bonds. The van der Waals surface area contributed by atoms with Gasteiger partial charge in [-0.2, -0.15) is 5.10 Å². The van der Waals surface area contributed by atoms with Gasteiger partial charge in [-0.15, -0.1) is 0 Å². The van der Waals surface area contributed by atoms with Crippen molar-refractivity contribution in [3.63, 3.8) is 0 Å². The molecule has 0 aromatic carbocycles. The van der Waals surface area contributed by atoms with Crippen LogP contribution in [-0.2, 0) is 11.8 Å². The maximum atomic E-state index is 11.2. The van der Waals surface area contributed by atoms with E-state index in [0.29, 0.717) is 5.56 Å². The van der Waals surface area contributed by atoms with Crippen molar-refractivity contribution in [3.05, 3.63) is 18.0 Å². The molecule has 66 valence electrons. The van der Waals surface area contributed by atoms with Crippen molar-refractivity contribution in [1.29, 1.82) is 0 Å². The Balaban J connectivity index is 2.65. The molecule has 0 atom stereocenters. The van der Waals surface area contributed by atoms with E-state index in [1.807, 2.05) is 13.8 Å². The summed E-state index contributed by atoms with van der Waals surface area (Å²) in [6, 6.07) is 0. The van der Waals surface area contributed by atoms with Crippen molar-refractivity contribution < 1.29 is 9.53 Å². The largest absolute Gasteiger partial charge is 0.459 e. The Morgan fingerprint density at radius 3 is 2.75 bits per heavy atom. The minimum atomic E-state index is -0.321. The van der Waals surface area contributed by atoms with Crippen LogP contribution >= 0.6 is 0 Å². The summed E-state index contributed by atoms with van der Waals surface area (Å²) in [6.07, 6.45) is 3.04. The molecule has 0 aliphatic heterocycles. The molecule has 0 aliphatic rings. The van der Waals surface area contributed by atoms with Gasteiger partial charge in [-0.3, -0.25) is 4.68 Å². The highest BCUT2D eigenvalue weighted by atomic mass is 16.5. The second-order valence-electron chi connectivity index (χ2n) is 2.86. The molecule has 0 saturated carbocycles. The predicted molar refractivity (Wildman–Crippen MR) is 43.8 cm³/mol. The lowest BCUT2D eigenvalue weighted by atomic mass is 10.3. The van der Waals surface area contributed by atoms with Crippen LogP contribution in [0.1, 0.15) is 24.2 Å². The minimum Gasteiger partial charge on any atom is -0.459 e. The number of aromatic nitrogens is 2. The third kappa shape index (κ3) is 2.08. The summed E-state index contributed by atoms with van der Waals surface area (Å²) >= 11 is 0. The first-order chi connectivity index (χ1) is 5.59. The average molecular weight is 168 g/mol. The summed E-state index contributed by atoms with van der Waals surface area (Å²) in [5, 5.41) is 3.86. The highest BCUT2D eigenvalue weighted by Gasteiger charge is 2.10. The number of ether oxygens (including phenoxy) is 1. The first-order valence-corrected chi connectivity index (χ1v) is 3.79. The summed E-state index contributed by atoms with van der Waals surface area (Å²) in [6.45, 7) is 3.63. The summed E-state index contributed by atoms with van der Waals surface area (Å²) in [4.78, 5) is 11.2. The van der Waals surface area contributed by atoms with Crippen LogP contribution in [0.3, 0.4) is 0 Å². The van der Waals surface area contributed by atoms with Crippen LogP contribution in [-0.4, -0.2) is 21.9 Å². The van der Waals surface area contributed by atoms with Gasteiger partial charge in [-0.25, -0.2) is 4.79 Å². The molecule has 0 aliphatic carbocycles. The van der Waals surface area contributed by atoms with Crippen molar-refractivity contribution >= 4 is 5.97 Å². The number of carbonyl (C=O) groups excluding carboxylic acids is 1. The van der Waals surface area contributed by atoms with Gasteiger partial charge in [-0.05, 0) is 13.8 Å². The van der Waals surface area contributed by atoms with Gasteiger partial charge in [-0.1, -0.05) is 0 Å². The zero-order valence-electron chi connectivity index (χ0n) is 7.44. The molecule has 1 heterocycles. The van der Waals surface area contributed by atoms with E-state index in [1.165, 1.54) is 6.20 Å². The van der Waals surface area contributed by atoms with E-state index in [2.05, 4.69) is 5.10 Å². The Bertz CT molecular complexity index is 278. The zero-order valence-corrected chi connectivity index (χ0v) is 7.44. The average Bonchev–Trinajstić information content (AvgIpc) is 2.34. The number of rotatable bonds is 2. The fourth-order valence-corrected chi connectivity index (χ4v) is 0.809. The summed E-state index contributed by atoms with van der Waals surface area (Å²) in [5.74, 6) is -0.321. The van der Waals surface area contributed by atoms with E-state index in [0.717, 1.165) is 0 Å². The van der Waals surface area contributed by atoms with Gasteiger partial charge < -0.3 is 4.74 Å². The molecule has 12 heavy (non-hydrogen) atoms. The highest BCUT2D eigenvalue weighted by Crippen LogP contribution is 2.01. The van der Waals surface area contributed by atoms with Gasteiger partial charge >= 0.3 is 5.97 Å². The molecule has 1 aromatic rings. The van der Waals surface area contributed by atoms with Crippen molar-refractivity contribution in [3.8, 4) is 0 Å². The van der Waals surface area contributed by atoms with Gasteiger partial charge in [0.2, 0.25) is 0 Å². The first-order valence-electron chi connectivity index (χ1n) is 3.79.